The van der Waals surface area contributed by atoms with Crippen LogP contribution in [0.15, 0.2) is 17.0 Å². The van der Waals surface area contributed by atoms with E-state index in [2.05, 4.69) is 0 Å². The zero-order chi connectivity index (χ0) is 11.8. The lowest BCUT2D eigenvalue weighted by Gasteiger charge is -2.19. The van der Waals surface area contributed by atoms with Gasteiger partial charge in [-0.05, 0) is 6.07 Å². The molecule has 0 aromatic heterocycles. The first-order valence-electron chi connectivity index (χ1n) is 4.38. The van der Waals surface area contributed by atoms with Gasteiger partial charge in [-0.15, -0.1) is 0 Å². The van der Waals surface area contributed by atoms with Crippen LogP contribution in [0.3, 0.4) is 0 Å². The lowest BCUT2D eigenvalue weighted by molar-refractivity contribution is -0.0167. The molecule has 0 saturated heterocycles. The average Bonchev–Trinajstić information content (AvgIpc) is 2.26. The van der Waals surface area contributed by atoms with Crippen LogP contribution in [0, 0.1) is 0 Å². The molecule has 0 N–H and O–H groups in total. The van der Waals surface area contributed by atoms with Crippen LogP contribution in [0.2, 0.25) is 0 Å². The number of halogens is 1. The van der Waals surface area contributed by atoms with Crippen molar-refractivity contribution in [1.29, 1.82) is 0 Å². The van der Waals surface area contributed by atoms with Crippen molar-refractivity contribution in [2.45, 2.75) is 11.5 Å². The van der Waals surface area contributed by atoms with Gasteiger partial charge in [-0.1, -0.05) is 0 Å². The van der Waals surface area contributed by atoms with E-state index in [1.165, 1.54) is 13.2 Å². The molecule has 0 bridgehead atoms. The van der Waals surface area contributed by atoms with Gasteiger partial charge in [0, 0.05) is 22.3 Å². The summed E-state index contributed by atoms with van der Waals surface area (Å²) in [5.74, 6) is 0.633. The molecule has 5 nitrogen and oxygen atoms in total. The van der Waals surface area contributed by atoms with E-state index in [4.69, 9.17) is 24.9 Å². The normalized spacial score (nSPS) is 15.1. The molecule has 0 spiro atoms. The summed E-state index contributed by atoms with van der Waals surface area (Å²) in [4.78, 5) is -0.0997. The highest BCUT2D eigenvalue weighted by atomic mass is 35.7. The number of hydrogen-bond acceptors (Lipinski definition) is 5. The standard InChI is InChI=1S/C9H9ClO5S/c1-13-8-2-6-4-14-5-15-7(6)3-9(8)16(10,11)12/h2-3H,4-5H2,1H3. The predicted octanol–water partition coefficient (Wildman–Crippen LogP) is 1.49. The summed E-state index contributed by atoms with van der Waals surface area (Å²) in [5.41, 5.74) is 0.729. The Kier molecular flexibility index (Phi) is 2.96. The van der Waals surface area contributed by atoms with Crippen LogP contribution in [0.25, 0.3) is 0 Å². The summed E-state index contributed by atoms with van der Waals surface area (Å²) >= 11 is 0. The molecule has 0 radical (unpaired) electrons. The Balaban J connectivity index is 2.61. The fourth-order valence-electron chi connectivity index (χ4n) is 1.44. The van der Waals surface area contributed by atoms with E-state index in [1.54, 1.807) is 6.07 Å². The van der Waals surface area contributed by atoms with Crippen molar-refractivity contribution in [3.8, 4) is 11.5 Å². The third kappa shape index (κ3) is 2.09. The van der Waals surface area contributed by atoms with E-state index in [1.807, 2.05) is 0 Å². The SMILES string of the molecule is COc1cc2c(cc1S(=O)(=O)Cl)OCOC2. The Bertz CT molecular complexity index is 511. The van der Waals surface area contributed by atoms with Gasteiger partial charge in [0.2, 0.25) is 0 Å². The van der Waals surface area contributed by atoms with Crippen molar-refractivity contribution in [2.75, 3.05) is 13.9 Å². The van der Waals surface area contributed by atoms with E-state index in [0.29, 0.717) is 12.4 Å². The van der Waals surface area contributed by atoms with E-state index < -0.39 is 9.05 Å². The molecule has 0 fully saturated rings. The molecule has 7 heteroatoms. The highest BCUT2D eigenvalue weighted by Crippen LogP contribution is 2.35. The minimum atomic E-state index is -3.85. The molecule has 1 aromatic carbocycles. The van der Waals surface area contributed by atoms with Gasteiger partial charge in [-0.3, -0.25) is 0 Å². The van der Waals surface area contributed by atoms with Crippen LogP contribution < -0.4 is 9.47 Å². The minimum absolute atomic E-state index is 0.0983. The van der Waals surface area contributed by atoms with Gasteiger partial charge in [0.05, 0.1) is 13.7 Å². The summed E-state index contributed by atoms with van der Waals surface area (Å²) in [5, 5.41) is 0. The maximum atomic E-state index is 11.3. The number of benzene rings is 1. The first kappa shape index (κ1) is 11.5. The second-order valence-corrected chi connectivity index (χ2v) is 5.69. The maximum absolute atomic E-state index is 11.3. The van der Waals surface area contributed by atoms with Gasteiger partial charge >= 0.3 is 0 Å². The number of methoxy groups -OCH3 is 1. The Morgan fingerprint density at radius 1 is 1.44 bits per heavy atom. The van der Waals surface area contributed by atoms with Crippen LogP contribution in [0.4, 0.5) is 0 Å². The Labute approximate surface area is 97.3 Å². The second kappa shape index (κ2) is 4.12. The predicted molar refractivity (Wildman–Crippen MR) is 56.3 cm³/mol. The lowest BCUT2D eigenvalue weighted by atomic mass is 10.2. The van der Waals surface area contributed by atoms with Crippen molar-refractivity contribution in [3.05, 3.63) is 17.7 Å². The third-order valence-electron chi connectivity index (χ3n) is 2.16. The van der Waals surface area contributed by atoms with Crippen molar-refractivity contribution in [3.63, 3.8) is 0 Å². The molecule has 88 valence electrons. The zero-order valence-electron chi connectivity index (χ0n) is 8.40. The maximum Gasteiger partial charge on any atom is 0.265 e. The van der Waals surface area contributed by atoms with E-state index in [0.717, 1.165) is 5.56 Å². The van der Waals surface area contributed by atoms with Crippen molar-refractivity contribution >= 4 is 19.7 Å². The van der Waals surface area contributed by atoms with Crippen LogP contribution in [0.5, 0.6) is 11.5 Å². The molecular weight excluding hydrogens is 256 g/mol. The first-order chi connectivity index (χ1) is 7.52. The molecule has 0 unspecified atom stereocenters. The summed E-state index contributed by atoms with van der Waals surface area (Å²) in [6.07, 6.45) is 0. The first-order valence-corrected chi connectivity index (χ1v) is 6.69. The van der Waals surface area contributed by atoms with Crippen molar-refractivity contribution in [2.24, 2.45) is 0 Å². The molecule has 0 amide bonds. The molecule has 16 heavy (non-hydrogen) atoms. The summed E-state index contributed by atoms with van der Waals surface area (Å²) < 4.78 is 37.8. The summed E-state index contributed by atoms with van der Waals surface area (Å²) in [7, 11) is 2.81. The molecule has 0 atom stereocenters. The van der Waals surface area contributed by atoms with E-state index in [9.17, 15) is 8.42 Å². The minimum Gasteiger partial charge on any atom is -0.495 e. The molecule has 0 saturated carbocycles. The van der Waals surface area contributed by atoms with Gasteiger partial charge in [-0.2, -0.15) is 0 Å². The lowest BCUT2D eigenvalue weighted by Crippen LogP contribution is -2.12. The number of ether oxygens (including phenoxy) is 3. The van der Waals surface area contributed by atoms with Crippen LogP contribution >= 0.6 is 10.7 Å². The van der Waals surface area contributed by atoms with Crippen LogP contribution in [-0.4, -0.2) is 22.3 Å². The quantitative estimate of drug-likeness (QED) is 0.758. The van der Waals surface area contributed by atoms with Gasteiger partial charge in [0.15, 0.2) is 6.79 Å². The fourth-order valence-corrected chi connectivity index (χ4v) is 2.43. The van der Waals surface area contributed by atoms with Gasteiger partial charge in [0.1, 0.15) is 16.4 Å². The second-order valence-electron chi connectivity index (χ2n) is 3.16. The van der Waals surface area contributed by atoms with E-state index in [-0.39, 0.29) is 17.4 Å². The van der Waals surface area contributed by atoms with Crippen LogP contribution in [0.1, 0.15) is 5.56 Å². The van der Waals surface area contributed by atoms with Crippen molar-refractivity contribution in [1.82, 2.24) is 0 Å². The Hall–Kier alpha value is -0.980. The molecule has 2 rings (SSSR count). The highest BCUT2D eigenvalue weighted by molar-refractivity contribution is 8.13. The summed E-state index contributed by atoms with van der Waals surface area (Å²) in [6, 6.07) is 2.89. The number of hydrogen-bond donors (Lipinski definition) is 0. The van der Waals surface area contributed by atoms with Gasteiger partial charge in [0.25, 0.3) is 9.05 Å². The molecule has 1 aliphatic heterocycles. The molecule has 1 aliphatic rings. The average molecular weight is 265 g/mol. The number of fused-ring (bicyclic) bond motifs is 1. The fraction of sp³-hybridized carbons (Fsp3) is 0.333. The smallest absolute Gasteiger partial charge is 0.265 e. The monoisotopic (exact) mass is 264 g/mol. The topological polar surface area (TPSA) is 61.8 Å². The van der Waals surface area contributed by atoms with E-state index >= 15 is 0 Å². The molecule has 1 aromatic rings. The zero-order valence-corrected chi connectivity index (χ0v) is 9.97. The molecular formula is C9H9ClO5S. The Morgan fingerprint density at radius 3 is 2.81 bits per heavy atom. The molecule has 0 aliphatic carbocycles. The van der Waals surface area contributed by atoms with Gasteiger partial charge < -0.3 is 14.2 Å². The van der Waals surface area contributed by atoms with Crippen molar-refractivity contribution < 1.29 is 22.6 Å². The van der Waals surface area contributed by atoms with Gasteiger partial charge in [-0.25, -0.2) is 8.42 Å². The summed E-state index contributed by atoms with van der Waals surface area (Å²) in [6.45, 7) is 0.454. The van der Waals surface area contributed by atoms with Crippen LogP contribution in [-0.2, 0) is 20.4 Å². The third-order valence-corrected chi connectivity index (χ3v) is 3.51. The number of rotatable bonds is 2. The largest absolute Gasteiger partial charge is 0.495 e. The highest BCUT2D eigenvalue weighted by Gasteiger charge is 2.22. The Morgan fingerprint density at radius 2 is 2.19 bits per heavy atom. The molecule has 1 heterocycles.